The van der Waals surface area contributed by atoms with Crippen molar-refractivity contribution in [2.45, 2.75) is 12.1 Å². The molecule has 0 fully saturated rings. The van der Waals surface area contributed by atoms with E-state index in [2.05, 4.69) is 39.0 Å². The van der Waals surface area contributed by atoms with E-state index in [-0.39, 0.29) is 12.1 Å². The van der Waals surface area contributed by atoms with Crippen LogP contribution in [0.25, 0.3) is 5.70 Å². The van der Waals surface area contributed by atoms with Crippen molar-refractivity contribution < 1.29 is 4.74 Å². The summed E-state index contributed by atoms with van der Waals surface area (Å²) in [7, 11) is 0. The van der Waals surface area contributed by atoms with Crippen molar-refractivity contribution in [1.82, 2.24) is 14.8 Å². The third-order valence-electron chi connectivity index (χ3n) is 5.32. The first-order chi connectivity index (χ1) is 14.3. The summed E-state index contributed by atoms with van der Waals surface area (Å²) in [6, 6.07) is 20.0. The highest BCUT2D eigenvalue weighted by Gasteiger charge is 2.41. The Hall–Kier alpha value is -3.09. The smallest absolute Gasteiger partial charge is 0.226 e. The van der Waals surface area contributed by atoms with Gasteiger partial charge >= 0.3 is 0 Å². The summed E-state index contributed by atoms with van der Waals surface area (Å²) in [5.74, 6) is 1.54. The normalized spacial score (nSPS) is 19.6. The molecule has 0 radical (unpaired) electrons. The molecule has 0 spiro atoms. The molecule has 0 unspecified atom stereocenters. The number of benzene rings is 2. The molecule has 2 atom stereocenters. The van der Waals surface area contributed by atoms with Crippen LogP contribution in [0.5, 0.6) is 5.75 Å². The lowest BCUT2D eigenvalue weighted by molar-refractivity contribution is 0.223. The first kappa shape index (κ1) is 16.8. The molecule has 2 aromatic carbocycles. The van der Waals surface area contributed by atoms with E-state index in [9.17, 15) is 0 Å². The van der Waals surface area contributed by atoms with Crippen molar-refractivity contribution in [1.29, 1.82) is 0 Å². The van der Waals surface area contributed by atoms with Gasteiger partial charge in [-0.1, -0.05) is 48.0 Å². The fourth-order valence-electron chi connectivity index (χ4n) is 4.08. The molecule has 2 aliphatic heterocycles. The predicted molar refractivity (Wildman–Crippen MR) is 114 cm³/mol. The second-order valence-electron chi connectivity index (χ2n) is 6.92. The Labute approximate surface area is 176 Å². The van der Waals surface area contributed by atoms with E-state index in [4.69, 9.17) is 16.3 Å². The zero-order valence-corrected chi connectivity index (χ0v) is 16.7. The van der Waals surface area contributed by atoms with Gasteiger partial charge < -0.3 is 10.1 Å². The Morgan fingerprint density at radius 2 is 1.90 bits per heavy atom. The average molecular weight is 419 g/mol. The van der Waals surface area contributed by atoms with E-state index >= 15 is 0 Å². The van der Waals surface area contributed by atoms with Gasteiger partial charge in [0.25, 0.3) is 0 Å². The molecule has 0 saturated carbocycles. The number of hydrogen-bond acceptors (Lipinski definition) is 5. The van der Waals surface area contributed by atoms with Gasteiger partial charge in [-0.2, -0.15) is 10.1 Å². The van der Waals surface area contributed by atoms with E-state index in [1.165, 1.54) is 4.88 Å². The van der Waals surface area contributed by atoms with Gasteiger partial charge in [0.05, 0.1) is 5.70 Å². The number of thiophene rings is 1. The maximum atomic E-state index is 6.61. The van der Waals surface area contributed by atoms with Crippen LogP contribution in [0.2, 0.25) is 5.02 Å². The van der Waals surface area contributed by atoms with E-state index in [0.717, 1.165) is 34.1 Å². The average Bonchev–Trinajstić information content (AvgIpc) is 3.44. The molecule has 6 rings (SSSR count). The lowest BCUT2D eigenvalue weighted by Gasteiger charge is -2.38. The quantitative estimate of drug-likeness (QED) is 0.463. The number of halogens is 1. The van der Waals surface area contributed by atoms with Gasteiger partial charge in [-0.25, -0.2) is 4.68 Å². The first-order valence-electron chi connectivity index (χ1n) is 9.26. The Kier molecular flexibility index (Phi) is 3.76. The molecule has 142 valence electrons. The molecule has 4 aromatic rings. The fraction of sp³-hybridized carbons (Fsp3) is 0.0909. The Morgan fingerprint density at radius 1 is 1.03 bits per heavy atom. The second kappa shape index (κ2) is 6.47. The summed E-state index contributed by atoms with van der Waals surface area (Å²) < 4.78 is 8.47. The third-order valence-corrected chi connectivity index (χ3v) is 6.59. The van der Waals surface area contributed by atoms with Gasteiger partial charge in [0.1, 0.15) is 18.1 Å². The van der Waals surface area contributed by atoms with E-state index < -0.39 is 0 Å². The second-order valence-corrected chi connectivity index (χ2v) is 8.30. The Balaban J connectivity index is 1.66. The van der Waals surface area contributed by atoms with Crippen molar-refractivity contribution in [3.05, 3.63) is 99.0 Å². The fourth-order valence-corrected chi connectivity index (χ4v) is 5.15. The molecule has 0 aliphatic carbocycles. The van der Waals surface area contributed by atoms with Gasteiger partial charge in [0, 0.05) is 26.6 Å². The van der Waals surface area contributed by atoms with Crippen LogP contribution in [0.3, 0.4) is 0 Å². The number of para-hydroxylation sites is 1. The van der Waals surface area contributed by atoms with Crippen LogP contribution in [0, 0.1) is 0 Å². The molecule has 2 aliphatic rings. The van der Waals surface area contributed by atoms with Gasteiger partial charge in [-0.15, -0.1) is 11.3 Å². The molecule has 0 saturated heterocycles. The summed E-state index contributed by atoms with van der Waals surface area (Å²) >= 11 is 8.31. The van der Waals surface area contributed by atoms with Crippen LogP contribution >= 0.6 is 22.9 Å². The standard InChI is InChI=1S/C22H15ClN4OS/c23-15-8-3-1-6-13(15)21-18-19(14-7-2-4-9-16(14)28-21)26-22-24-12-25-27(22)20(18)17-10-5-11-29-17/h1-12,20-21H,(H,24,25,26)/t20-,21-/m0/s1. The summed E-state index contributed by atoms with van der Waals surface area (Å²) in [5.41, 5.74) is 4.04. The summed E-state index contributed by atoms with van der Waals surface area (Å²) in [4.78, 5) is 5.61. The van der Waals surface area contributed by atoms with Gasteiger partial charge in [-0.3, -0.25) is 0 Å². The van der Waals surface area contributed by atoms with Crippen molar-refractivity contribution >= 4 is 34.6 Å². The van der Waals surface area contributed by atoms with E-state index in [1.807, 2.05) is 47.1 Å². The number of rotatable bonds is 2. The monoisotopic (exact) mass is 418 g/mol. The molecule has 2 aromatic heterocycles. The van der Waals surface area contributed by atoms with Gasteiger partial charge in [-0.05, 0) is 29.6 Å². The summed E-state index contributed by atoms with van der Waals surface area (Å²) in [6.45, 7) is 0. The topological polar surface area (TPSA) is 52.0 Å². The molecular formula is C22H15ClN4OS. The highest BCUT2D eigenvalue weighted by molar-refractivity contribution is 7.10. The molecule has 29 heavy (non-hydrogen) atoms. The summed E-state index contributed by atoms with van der Waals surface area (Å²) in [5, 5.41) is 10.8. The highest BCUT2D eigenvalue weighted by Crippen LogP contribution is 2.51. The predicted octanol–water partition coefficient (Wildman–Crippen LogP) is 5.55. The van der Waals surface area contributed by atoms with Gasteiger partial charge in [0.15, 0.2) is 6.10 Å². The van der Waals surface area contributed by atoms with Gasteiger partial charge in [0.2, 0.25) is 5.95 Å². The molecule has 0 amide bonds. The largest absolute Gasteiger partial charge is 0.480 e. The van der Waals surface area contributed by atoms with Crippen LogP contribution in [0.1, 0.15) is 28.1 Å². The number of fused-ring (bicyclic) bond motifs is 3. The van der Waals surface area contributed by atoms with Crippen molar-refractivity contribution in [2.75, 3.05) is 5.32 Å². The lowest BCUT2D eigenvalue weighted by atomic mass is 9.87. The minimum atomic E-state index is -0.342. The van der Waals surface area contributed by atoms with Crippen LogP contribution in [-0.4, -0.2) is 14.8 Å². The molecule has 1 N–H and O–H groups in total. The number of aromatic nitrogens is 3. The number of nitrogens with zero attached hydrogens (tertiary/aromatic N) is 3. The maximum Gasteiger partial charge on any atom is 0.226 e. The zero-order chi connectivity index (χ0) is 19.4. The Morgan fingerprint density at radius 3 is 2.76 bits per heavy atom. The van der Waals surface area contributed by atoms with E-state index in [0.29, 0.717) is 5.02 Å². The van der Waals surface area contributed by atoms with Crippen LogP contribution < -0.4 is 10.1 Å². The number of anilines is 1. The highest BCUT2D eigenvalue weighted by atomic mass is 35.5. The van der Waals surface area contributed by atoms with Crippen LogP contribution in [0.15, 0.2) is 77.9 Å². The summed E-state index contributed by atoms with van der Waals surface area (Å²) in [6.07, 6.45) is 1.24. The molecule has 0 bridgehead atoms. The number of nitrogens with one attached hydrogen (secondary N) is 1. The zero-order valence-electron chi connectivity index (χ0n) is 15.1. The van der Waals surface area contributed by atoms with Crippen molar-refractivity contribution in [3.63, 3.8) is 0 Å². The minimum absolute atomic E-state index is 0.127. The number of ether oxygens (including phenoxy) is 1. The molecule has 4 heterocycles. The molecule has 7 heteroatoms. The third kappa shape index (κ3) is 2.53. The Bertz CT molecular complexity index is 1250. The molecule has 5 nitrogen and oxygen atoms in total. The van der Waals surface area contributed by atoms with E-state index in [1.54, 1.807) is 17.7 Å². The SMILES string of the molecule is Clc1ccccc1[C@@H]1Oc2ccccc2C2=C1[C@H](c1cccs1)n1ncnc1N2. The van der Waals surface area contributed by atoms with Crippen LogP contribution in [0.4, 0.5) is 5.95 Å². The molecular weight excluding hydrogens is 404 g/mol. The lowest BCUT2D eigenvalue weighted by Crippen LogP contribution is -2.32. The van der Waals surface area contributed by atoms with Crippen LogP contribution in [-0.2, 0) is 0 Å². The van der Waals surface area contributed by atoms with Crippen molar-refractivity contribution in [2.24, 2.45) is 0 Å². The van der Waals surface area contributed by atoms with Crippen molar-refractivity contribution in [3.8, 4) is 5.75 Å². The first-order valence-corrected chi connectivity index (χ1v) is 10.5. The number of hydrogen-bond donors (Lipinski definition) is 1. The minimum Gasteiger partial charge on any atom is -0.480 e. The maximum absolute atomic E-state index is 6.61.